The summed E-state index contributed by atoms with van der Waals surface area (Å²) in [6, 6.07) is 14.9. The predicted octanol–water partition coefficient (Wildman–Crippen LogP) is 6.65. The third-order valence-electron chi connectivity index (χ3n) is 13.9. The van der Waals surface area contributed by atoms with E-state index in [2.05, 4.69) is 43.8 Å². The van der Waals surface area contributed by atoms with E-state index in [1.807, 2.05) is 26.0 Å². The van der Waals surface area contributed by atoms with Gasteiger partial charge in [0.1, 0.15) is 16.8 Å². The Morgan fingerprint density at radius 2 is 1.44 bits per heavy atom. The first-order valence-corrected chi connectivity index (χ1v) is 29.3. The number of hydrogen-bond acceptors (Lipinski definition) is 18. The average Bonchev–Trinajstić information content (AvgIpc) is 3.69. The van der Waals surface area contributed by atoms with Crippen LogP contribution in [0.4, 0.5) is 23.1 Å². The summed E-state index contributed by atoms with van der Waals surface area (Å²) in [6.45, 7) is 15.5. The molecule has 0 radical (unpaired) electrons. The number of sulfone groups is 1. The number of carbonyl (C=O) groups is 5. The molecule has 0 aliphatic carbocycles. The zero-order valence-corrected chi connectivity index (χ0v) is 48.1. The molecule has 3 aliphatic heterocycles. The largest absolute Gasteiger partial charge is 0.489 e. The number of amides is 5. The number of likely N-dealkylation sites (tertiary alicyclic amines) is 2. The number of hydrogen-bond donors (Lipinski definition) is 3. The van der Waals surface area contributed by atoms with E-state index in [0.29, 0.717) is 115 Å². The van der Waals surface area contributed by atoms with Crippen molar-refractivity contribution in [1.29, 1.82) is 0 Å². The summed E-state index contributed by atoms with van der Waals surface area (Å²) in [5, 5.41) is 8.96. The van der Waals surface area contributed by atoms with Crippen LogP contribution in [-0.2, 0) is 54.3 Å². The highest BCUT2D eigenvalue weighted by atomic mass is 35.5. The molecule has 21 nitrogen and oxygen atoms in total. The highest BCUT2D eigenvalue weighted by Crippen LogP contribution is 2.39. The lowest BCUT2D eigenvalue weighted by atomic mass is 9.86. The second-order valence-corrected chi connectivity index (χ2v) is 23.2. The minimum absolute atomic E-state index is 0.0513. The van der Waals surface area contributed by atoms with E-state index < -0.39 is 38.9 Å². The van der Waals surface area contributed by atoms with Gasteiger partial charge in [-0.15, -0.1) is 0 Å². The lowest BCUT2D eigenvalue weighted by Gasteiger charge is -2.32. The predicted molar refractivity (Wildman–Crippen MR) is 301 cm³/mol. The normalized spacial score (nSPS) is 16.3. The zero-order chi connectivity index (χ0) is 57.3. The van der Waals surface area contributed by atoms with Gasteiger partial charge in [0, 0.05) is 26.6 Å². The van der Waals surface area contributed by atoms with Crippen LogP contribution >= 0.6 is 11.6 Å². The highest BCUT2D eigenvalue weighted by Gasteiger charge is 2.47. The van der Waals surface area contributed by atoms with Crippen molar-refractivity contribution in [1.82, 2.24) is 30.0 Å². The van der Waals surface area contributed by atoms with E-state index in [1.54, 1.807) is 50.2 Å². The number of fused-ring (bicyclic) bond motifs is 1. The van der Waals surface area contributed by atoms with Gasteiger partial charge in [-0.05, 0) is 133 Å². The smallest absolute Gasteiger partial charge is 0.262 e. The summed E-state index contributed by atoms with van der Waals surface area (Å²) in [7, 11) is -2.22. The van der Waals surface area contributed by atoms with E-state index >= 15 is 0 Å². The maximum absolute atomic E-state index is 13.4. The van der Waals surface area contributed by atoms with Crippen molar-refractivity contribution < 1.29 is 60.8 Å². The van der Waals surface area contributed by atoms with Gasteiger partial charge >= 0.3 is 0 Å². The molecule has 3 aromatic carbocycles. The number of imide groups is 2. The minimum Gasteiger partial charge on any atom is -0.489 e. The Balaban J connectivity index is 0.704. The Morgan fingerprint density at radius 1 is 0.787 bits per heavy atom. The number of benzene rings is 3. The number of piperidine rings is 2. The summed E-state index contributed by atoms with van der Waals surface area (Å²) in [5.41, 5.74) is 4.59. The molecule has 80 heavy (non-hydrogen) atoms. The van der Waals surface area contributed by atoms with Crippen LogP contribution in [-0.4, -0.2) is 179 Å². The van der Waals surface area contributed by atoms with Crippen molar-refractivity contribution in [2.24, 2.45) is 0 Å². The fourth-order valence-corrected chi connectivity index (χ4v) is 11.0. The van der Waals surface area contributed by atoms with Crippen LogP contribution in [0.3, 0.4) is 0 Å². The van der Waals surface area contributed by atoms with Crippen LogP contribution in [0, 0.1) is 6.92 Å². The van der Waals surface area contributed by atoms with Crippen LogP contribution in [0.15, 0.2) is 65.7 Å². The van der Waals surface area contributed by atoms with Crippen LogP contribution in [0.5, 0.6) is 5.75 Å². The number of anilines is 4. The number of rotatable bonds is 31. The molecule has 7 rings (SSSR count). The first kappa shape index (κ1) is 61.5. The molecule has 2 saturated heterocycles. The Morgan fingerprint density at radius 3 is 2.10 bits per heavy atom. The summed E-state index contributed by atoms with van der Waals surface area (Å²) in [6.07, 6.45) is 4.43. The SMILES string of the molecule is Cc1cc(Nc2ncc(Cl)c(Nc3ccccc3S(=O)(=O)C(C)C)n2)c(OC(C)C)cc1C1CCN(CC(=O)NCCOCCOCCOCCOCCOCCCc2cccc3c2C(=O)N(C2CCC(=O)N(C)C2=O)C3=O)CC1. The summed E-state index contributed by atoms with van der Waals surface area (Å²) >= 11 is 6.51. The van der Waals surface area contributed by atoms with Crippen LogP contribution < -0.4 is 20.7 Å². The van der Waals surface area contributed by atoms with E-state index in [0.717, 1.165) is 46.9 Å². The Labute approximate surface area is 473 Å². The van der Waals surface area contributed by atoms with Crippen molar-refractivity contribution in [3.05, 3.63) is 93.6 Å². The van der Waals surface area contributed by atoms with Gasteiger partial charge in [0.05, 0.1) is 111 Å². The molecule has 0 bridgehead atoms. The van der Waals surface area contributed by atoms with E-state index in [1.165, 1.54) is 18.8 Å². The Kier molecular flexibility index (Phi) is 22.7. The van der Waals surface area contributed by atoms with Gasteiger partial charge in [-0.3, -0.25) is 38.7 Å². The van der Waals surface area contributed by atoms with Gasteiger partial charge in [-0.1, -0.05) is 35.9 Å². The van der Waals surface area contributed by atoms with Crippen LogP contribution in [0.2, 0.25) is 5.02 Å². The van der Waals surface area contributed by atoms with Gasteiger partial charge in [0.25, 0.3) is 17.7 Å². The van der Waals surface area contributed by atoms with Crippen molar-refractivity contribution in [3.8, 4) is 5.75 Å². The second kappa shape index (κ2) is 29.6. The summed E-state index contributed by atoms with van der Waals surface area (Å²) in [4.78, 5) is 77.4. The first-order valence-electron chi connectivity index (χ1n) is 27.3. The van der Waals surface area contributed by atoms with Crippen molar-refractivity contribution in [3.63, 3.8) is 0 Å². The van der Waals surface area contributed by atoms with Crippen LogP contribution in [0.25, 0.3) is 0 Å². The molecule has 2 fully saturated rings. The number of nitrogens with one attached hydrogen (secondary N) is 3. The number of aryl methyl sites for hydroxylation is 2. The lowest BCUT2D eigenvalue weighted by molar-refractivity contribution is -0.149. The number of para-hydroxylation sites is 1. The zero-order valence-electron chi connectivity index (χ0n) is 46.6. The molecule has 434 valence electrons. The van der Waals surface area contributed by atoms with Gasteiger partial charge in [-0.25, -0.2) is 13.4 Å². The summed E-state index contributed by atoms with van der Waals surface area (Å²) < 4.78 is 60.6. The molecule has 1 aromatic heterocycles. The maximum atomic E-state index is 13.4. The molecule has 0 spiro atoms. The molecule has 3 N–H and O–H groups in total. The molecule has 5 amide bonds. The third-order valence-corrected chi connectivity index (χ3v) is 16.4. The van der Waals surface area contributed by atoms with Crippen molar-refractivity contribution >= 4 is 74.1 Å². The Hall–Kier alpha value is -6.11. The number of likely N-dealkylation sites (N-methyl/N-ethyl adjacent to an activating group) is 1. The first-order chi connectivity index (χ1) is 38.4. The second-order valence-electron chi connectivity index (χ2n) is 20.3. The van der Waals surface area contributed by atoms with Crippen molar-refractivity contribution in [2.45, 2.75) is 101 Å². The third kappa shape index (κ3) is 16.3. The maximum Gasteiger partial charge on any atom is 0.262 e. The quantitative estimate of drug-likeness (QED) is 0.0353. The minimum atomic E-state index is -3.59. The monoisotopic (exact) mass is 1150 g/mol. The van der Waals surface area contributed by atoms with Gasteiger partial charge < -0.3 is 44.4 Å². The topological polar surface area (TPSA) is 246 Å². The van der Waals surface area contributed by atoms with Gasteiger partial charge in [0.15, 0.2) is 15.7 Å². The van der Waals surface area contributed by atoms with E-state index in [-0.39, 0.29) is 63.9 Å². The molecule has 3 aliphatic rings. The van der Waals surface area contributed by atoms with Crippen LogP contribution in [0.1, 0.15) is 103 Å². The molecule has 4 aromatic rings. The number of aromatic nitrogens is 2. The number of nitrogens with zero attached hydrogens (tertiary/aromatic N) is 5. The molecule has 23 heteroatoms. The summed E-state index contributed by atoms with van der Waals surface area (Å²) in [5.74, 6) is -0.527. The standard InChI is InChI=1S/C57H75ClN8O13S/c1-37(2)79-48-34-43(39(5)33-46(48)62-57-60-35-44(58)53(63-57)61-45-14-7-8-15-49(45)80(72,73)38(3)4)40-18-21-65(22-19-40)36-50(67)59-20-24-75-26-28-77-30-32-78-31-29-76-27-25-74-23-10-12-41-11-9-13-42-52(41)56(71)66(54(42)69)47-16-17-51(68)64(6)55(47)70/h7-9,11,13-15,33-35,37-38,40,47H,10,12,16-32,36H2,1-6H3,(H,59,67)(H2,60,61,62,63). The molecular weight excluding hydrogens is 1070 g/mol. The Bertz CT molecular complexity index is 2920. The van der Waals surface area contributed by atoms with Gasteiger partial charge in [-0.2, -0.15) is 4.98 Å². The lowest BCUT2D eigenvalue weighted by Crippen LogP contribution is -2.54. The van der Waals surface area contributed by atoms with E-state index in [4.69, 9.17) is 40.0 Å². The molecule has 0 saturated carbocycles. The number of halogens is 1. The van der Waals surface area contributed by atoms with E-state index in [9.17, 15) is 32.4 Å². The van der Waals surface area contributed by atoms with Crippen molar-refractivity contribution in [2.75, 3.05) is 110 Å². The number of carbonyl (C=O) groups excluding carboxylic acids is 5. The molecule has 1 atom stereocenters. The number of ether oxygens (including phenoxy) is 6. The fourth-order valence-electron chi connectivity index (χ4n) is 9.70. The molecule has 4 heterocycles. The molecular formula is C57H75ClN8O13S. The van der Waals surface area contributed by atoms with Gasteiger partial charge in [0.2, 0.25) is 17.8 Å². The fraction of sp³-hybridized carbons (Fsp3) is 0.526. The average molecular weight is 1150 g/mol. The molecule has 1 unspecified atom stereocenters. The highest BCUT2D eigenvalue weighted by molar-refractivity contribution is 7.92.